The highest BCUT2D eigenvalue weighted by molar-refractivity contribution is 7.09. The van der Waals surface area contributed by atoms with Crippen LogP contribution in [0.3, 0.4) is 0 Å². The number of carbonyl (C=O) groups is 1. The van der Waals surface area contributed by atoms with Crippen LogP contribution in [-0.4, -0.2) is 30.6 Å². The van der Waals surface area contributed by atoms with Gasteiger partial charge in [0, 0.05) is 16.6 Å². The van der Waals surface area contributed by atoms with Gasteiger partial charge in [0.1, 0.15) is 17.4 Å². The summed E-state index contributed by atoms with van der Waals surface area (Å²) in [5.74, 6) is 0.736. The first-order valence-corrected chi connectivity index (χ1v) is 8.79. The predicted octanol–water partition coefficient (Wildman–Crippen LogP) is 3.26. The molecule has 0 aliphatic carbocycles. The van der Waals surface area contributed by atoms with Gasteiger partial charge in [-0.3, -0.25) is 4.79 Å². The number of rotatable bonds is 5. The van der Waals surface area contributed by atoms with E-state index in [2.05, 4.69) is 10.3 Å². The molecule has 3 rings (SSSR count). The smallest absolute Gasteiger partial charge is 0.240 e. The largest absolute Gasteiger partial charge is 0.490 e. The Bertz CT molecular complexity index is 678. The molecular formula is C16H18ClN3O2S. The standard InChI is InChI=1S/C16H18ClN3O2S/c1-2-12(16-18-5-8-23-16)19-15(21)10-20-6-7-22-14-4-3-11(17)9-13(14)20/h3-5,8-9,12H,2,6-7,10H2,1H3,(H,19,21). The summed E-state index contributed by atoms with van der Waals surface area (Å²) in [6.07, 6.45) is 2.57. The molecule has 0 radical (unpaired) electrons. The van der Waals surface area contributed by atoms with Crippen molar-refractivity contribution in [3.63, 3.8) is 0 Å². The topological polar surface area (TPSA) is 54.5 Å². The number of aromatic nitrogens is 1. The van der Waals surface area contributed by atoms with Crippen LogP contribution in [0.25, 0.3) is 0 Å². The van der Waals surface area contributed by atoms with E-state index in [0.29, 0.717) is 18.2 Å². The lowest BCUT2D eigenvalue weighted by atomic mass is 10.2. The Labute approximate surface area is 144 Å². The SMILES string of the molecule is CCC(NC(=O)CN1CCOc2ccc(Cl)cc21)c1nccs1. The summed E-state index contributed by atoms with van der Waals surface area (Å²) in [5, 5.41) is 6.55. The number of nitrogens with zero attached hydrogens (tertiary/aromatic N) is 2. The molecule has 1 aliphatic heterocycles. The number of carbonyl (C=O) groups excluding carboxylic acids is 1. The van der Waals surface area contributed by atoms with Crippen LogP contribution in [0.5, 0.6) is 5.75 Å². The third-order valence-electron chi connectivity index (χ3n) is 3.71. The van der Waals surface area contributed by atoms with Gasteiger partial charge in [-0.15, -0.1) is 11.3 Å². The van der Waals surface area contributed by atoms with Crippen molar-refractivity contribution in [1.29, 1.82) is 0 Å². The Kier molecular flexibility index (Phi) is 5.03. The quantitative estimate of drug-likeness (QED) is 0.898. The van der Waals surface area contributed by atoms with Crippen molar-refractivity contribution >= 4 is 34.5 Å². The van der Waals surface area contributed by atoms with E-state index in [-0.39, 0.29) is 18.5 Å². The number of halogens is 1. The number of ether oxygens (including phenoxy) is 1. The molecule has 0 bridgehead atoms. The van der Waals surface area contributed by atoms with Crippen molar-refractivity contribution in [1.82, 2.24) is 10.3 Å². The summed E-state index contributed by atoms with van der Waals surface area (Å²) in [7, 11) is 0. The van der Waals surface area contributed by atoms with Crippen LogP contribution in [0.4, 0.5) is 5.69 Å². The van der Waals surface area contributed by atoms with Gasteiger partial charge in [0.2, 0.25) is 5.91 Å². The van der Waals surface area contributed by atoms with E-state index >= 15 is 0 Å². The van der Waals surface area contributed by atoms with Gasteiger partial charge in [-0.2, -0.15) is 0 Å². The minimum Gasteiger partial charge on any atom is -0.490 e. The Morgan fingerprint density at radius 1 is 1.57 bits per heavy atom. The third kappa shape index (κ3) is 3.76. The zero-order chi connectivity index (χ0) is 16.2. The summed E-state index contributed by atoms with van der Waals surface area (Å²) in [4.78, 5) is 18.7. The van der Waals surface area contributed by atoms with E-state index in [9.17, 15) is 4.79 Å². The molecule has 0 saturated carbocycles. The van der Waals surface area contributed by atoms with E-state index in [1.807, 2.05) is 29.3 Å². The van der Waals surface area contributed by atoms with Gasteiger partial charge in [-0.05, 0) is 24.6 Å². The highest BCUT2D eigenvalue weighted by Crippen LogP contribution is 2.33. The Morgan fingerprint density at radius 3 is 3.17 bits per heavy atom. The number of fused-ring (bicyclic) bond motifs is 1. The van der Waals surface area contributed by atoms with Gasteiger partial charge in [-0.1, -0.05) is 18.5 Å². The van der Waals surface area contributed by atoms with Gasteiger partial charge in [-0.25, -0.2) is 4.98 Å². The van der Waals surface area contributed by atoms with Gasteiger partial charge in [0.25, 0.3) is 0 Å². The van der Waals surface area contributed by atoms with Crippen molar-refractivity contribution < 1.29 is 9.53 Å². The molecule has 1 N–H and O–H groups in total. The predicted molar refractivity (Wildman–Crippen MR) is 92.4 cm³/mol. The monoisotopic (exact) mass is 351 g/mol. The van der Waals surface area contributed by atoms with E-state index in [4.69, 9.17) is 16.3 Å². The van der Waals surface area contributed by atoms with E-state index in [1.165, 1.54) is 0 Å². The lowest BCUT2D eigenvalue weighted by Gasteiger charge is -2.31. The molecular weight excluding hydrogens is 334 g/mol. The molecule has 2 aromatic rings. The van der Waals surface area contributed by atoms with E-state index in [0.717, 1.165) is 22.9 Å². The average molecular weight is 352 g/mol. The molecule has 1 atom stereocenters. The molecule has 1 aromatic carbocycles. The number of hydrogen-bond acceptors (Lipinski definition) is 5. The number of thiazole rings is 1. The van der Waals surface area contributed by atoms with Crippen LogP contribution in [0.15, 0.2) is 29.8 Å². The van der Waals surface area contributed by atoms with Crippen LogP contribution >= 0.6 is 22.9 Å². The van der Waals surface area contributed by atoms with Crippen LogP contribution in [0.1, 0.15) is 24.4 Å². The molecule has 122 valence electrons. The first-order chi connectivity index (χ1) is 11.2. The molecule has 5 nitrogen and oxygen atoms in total. The summed E-state index contributed by atoms with van der Waals surface area (Å²) in [5.41, 5.74) is 0.862. The molecule has 0 saturated heterocycles. The van der Waals surface area contributed by atoms with Crippen LogP contribution in [0, 0.1) is 0 Å². The summed E-state index contributed by atoms with van der Waals surface area (Å²) >= 11 is 7.62. The normalized spacial score (nSPS) is 14.8. The fourth-order valence-corrected chi connectivity index (χ4v) is 3.51. The molecule has 0 fully saturated rings. The van der Waals surface area contributed by atoms with Crippen molar-refractivity contribution in [3.8, 4) is 5.75 Å². The van der Waals surface area contributed by atoms with Crippen molar-refractivity contribution in [2.45, 2.75) is 19.4 Å². The average Bonchev–Trinajstić information content (AvgIpc) is 3.07. The van der Waals surface area contributed by atoms with Crippen LogP contribution < -0.4 is 15.0 Å². The van der Waals surface area contributed by atoms with Gasteiger partial charge < -0.3 is 15.0 Å². The van der Waals surface area contributed by atoms with Crippen molar-refractivity contribution in [2.24, 2.45) is 0 Å². The summed E-state index contributed by atoms with van der Waals surface area (Å²) in [6.45, 7) is 3.54. The fourth-order valence-electron chi connectivity index (χ4n) is 2.57. The molecule has 1 aromatic heterocycles. The molecule has 1 aliphatic rings. The number of anilines is 1. The van der Waals surface area contributed by atoms with Gasteiger partial charge >= 0.3 is 0 Å². The van der Waals surface area contributed by atoms with Crippen molar-refractivity contribution in [2.75, 3.05) is 24.6 Å². The zero-order valence-electron chi connectivity index (χ0n) is 12.8. The fraction of sp³-hybridized carbons (Fsp3) is 0.375. The second kappa shape index (κ2) is 7.19. The molecule has 23 heavy (non-hydrogen) atoms. The minimum atomic E-state index is -0.0395. The number of benzene rings is 1. The van der Waals surface area contributed by atoms with E-state index in [1.54, 1.807) is 23.6 Å². The van der Waals surface area contributed by atoms with Gasteiger partial charge in [0.05, 0.1) is 24.8 Å². The molecule has 7 heteroatoms. The number of hydrogen-bond donors (Lipinski definition) is 1. The third-order valence-corrected chi connectivity index (χ3v) is 4.83. The zero-order valence-corrected chi connectivity index (χ0v) is 14.4. The van der Waals surface area contributed by atoms with Gasteiger partial charge in [0.15, 0.2) is 0 Å². The maximum absolute atomic E-state index is 12.4. The van der Waals surface area contributed by atoms with E-state index < -0.39 is 0 Å². The highest BCUT2D eigenvalue weighted by atomic mass is 35.5. The number of amides is 1. The second-order valence-corrected chi connectivity index (χ2v) is 6.64. The molecule has 0 spiro atoms. The minimum absolute atomic E-state index is 0.0279. The Morgan fingerprint density at radius 2 is 2.43 bits per heavy atom. The van der Waals surface area contributed by atoms with Crippen molar-refractivity contribution in [3.05, 3.63) is 39.8 Å². The Balaban J connectivity index is 1.68. The summed E-state index contributed by atoms with van der Waals surface area (Å²) < 4.78 is 5.61. The molecule has 1 unspecified atom stereocenters. The molecule has 2 heterocycles. The Hall–Kier alpha value is -1.79. The first kappa shape index (κ1) is 16.1. The lowest BCUT2D eigenvalue weighted by molar-refractivity contribution is -0.120. The maximum Gasteiger partial charge on any atom is 0.240 e. The lowest BCUT2D eigenvalue weighted by Crippen LogP contribution is -2.42. The second-order valence-electron chi connectivity index (χ2n) is 5.28. The van der Waals surface area contributed by atoms with Crippen LogP contribution in [-0.2, 0) is 4.79 Å². The first-order valence-electron chi connectivity index (χ1n) is 7.53. The highest BCUT2D eigenvalue weighted by Gasteiger charge is 2.22. The van der Waals surface area contributed by atoms with Crippen LogP contribution in [0.2, 0.25) is 5.02 Å². The number of nitrogens with one attached hydrogen (secondary N) is 1. The summed E-state index contributed by atoms with van der Waals surface area (Å²) in [6, 6.07) is 5.43. The maximum atomic E-state index is 12.4. The molecule has 1 amide bonds.